The molecule has 0 aliphatic rings. The van der Waals surface area contributed by atoms with Crippen molar-refractivity contribution in [2.24, 2.45) is 0 Å². The molecular formula is C16H12FNOS. The molecule has 0 saturated heterocycles. The van der Waals surface area contributed by atoms with Crippen LogP contribution < -0.4 is 0 Å². The number of ketones is 1. The first-order valence-corrected chi connectivity index (χ1v) is 7.21. The average molecular weight is 285 g/mol. The molecule has 0 amide bonds. The highest BCUT2D eigenvalue weighted by Crippen LogP contribution is 2.22. The minimum Gasteiger partial charge on any atom is -0.292 e. The summed E-state index contributed by atoms with van der Waals surface area (Å²) in [6.07, 6.45) is 1.95. The summed E-state index contributed by atoms with van der Waals surface area (Å²) in [7, 11) is 0. The van der Waals surface area contributed by atoms with Crippen LogP contribution in [0.1, 0.15) is 21.8 Å². The van der Waals surface area contributed by atoms with E-state index in [4.69, 9.17) is 0 Å². The number of hydrogen-bond donors (Lipinski definition) is 0. The summed E-state index contributed by atoms with van der Waals surface area (Å²) in [5.74, 6) is -1.57. The van der Waals surface area contributed by atoms with E-state index in [0.717, 1.165) is 4.90 Å². The Bertz CT molecular complexity index is 644. The van der Waals surface area contributed by atoms with Crippen LogP contribution in [0, 0.1) is 17.1 Å². The molecule has 1 unspecified atom stereocenters. The van der Waals surface area contributed by atoms with E-state index < -0.39 is 5.92 Å². The number of Topliss-reactive ketones (excluding diaryl/α,β-unsaturated/α-hetero) is 1. The lowest BCUT2D eigenvalue weighted by Crippen LogP contribution is -2.11. The summed E-state index contributed by atoms with van der Waals surface area (Å²) in [6.45, 7) is 0. The smallest absolute Gasteiger partial charge is 0.184 e. The lowest BCUT2D eigenvalue weighted by Gasteiger charge is -2.09. The summed E-state index contributed by atoms with van der Waals surface area (Å²) in [5.41, 5.74) is 0.992. The van der Waals surface area contributed by atoms with Crippen LogP contribution in [0.5, 0.6) is 0 Å². The van der Waals surface area contributed by atoms with Gasteiger partial charge in [-0.2, -0.15) is 5.26 Å². The Morgan fingerprint density at radius 1 is 1.15 bits per heavy atom. The van der Waals surface area contributed by atoms with Gasteiger partial charge in [-0.05, 0) is 36.1 Å². The van der Waals surface area contributed by atoms with Crippen LogP contribution in [-0.4, -0.2) is 12.0 Å². The second-order valence-electron chi connectivity index (χ2n) is 4.21. The van der Waals surface area contributed by atoms with Crippen molar-refractivity contribution in [2.75, 3.05) is 6.26 Å². The third-order valence-corrected chi connectivity index (χ3v) is 3.71. The number of hydrogen-bond acceptors (Lipinski definition) is 3. The first-order chi connectivity index (χ1) is 9.65. The van der Waals surface area contributed by atoms with E-state index >= 15 is 0 Å². The molecule has 1 atom stereocenters. The van der Waals surface area contributed by atoms with E-state index in [1.807, 2.05) is 24.5 Å². The Kier molecular flexibility index (Phi) is 4.54. The van der Waals surface area contributed by atoms with Crippen LogP contribution in [0.2, 0.25) is 0 Å². The van der Waals surface area contributed by atoms with Gasteiger partial charge in [-0.1, -0.05) is 24.3 Å². The minimum atomic E-state index is -0.907. The third kappa shape index (κ3) is 3.06. The van der Waals surface area contributed by atoms with Crippen molar-refractivity contribution in [3.05, 3.63) is 65.5 Å². The number of carbonyl (C=O) groups excluding carboxylic acids is 1. The Labute approximate surface area is 121 Å². The molecule has 0 radical (unpaired) electrons. The lowest BCUT2D eigenvalue weighted by molar-refractivity contribution is 0.0979. The van der Waals surface area contributed by atoms with Gasteiger partial charge in [0.05, 0.1) is 6.07 Å². The normalized spacial score (nSPS) is 11.7. The van der Waals surface area contributed by atoms with Crippen LogP contribution >= 0.6 is 11.8 Å². The Balaban J connectivity index is 2.29. The number of thioether (sulfide) groups is 1. The second-order valence-corrected chi connectivity index (χ2v) is 5.09. The fourth-order valence-corrected chi connectivity index (χ4v) is 2.27. The zero-order valence-corrected chi connectivity index (χ0v) is 11.7. The number of benzene rings is 2. The van der Waals surface area contributed by atoms with E-state index in [1.54, 1.807) is 23.9 Å². The molecule has 0 aliphatic carbocycles. The molecule has 100 valence electrons. The number of carbonyl (C=O) groups is 1. The fraction of sp³-hybridized carbons (Fsp3) is 0.125. The Hall–Kier alpha value is -2.12. The Morgan fingerprint density at radius 3 is 2.25 bits per heavy atom. The first-order valence-electron chi connectivity index (χ1n) is 5.99. The van der Waals surface area contributed by atoms with Crippen molar-refractivity contribution in [3.63, 3.8) is 0 Å². The van der Waals surface area contributed by atoms with E-state index in [2.05, 4.69) is 0 Å². The molecule has 0 spiro atoms. The molecule has 0 bridgehead atoms. The molecule has 2 aromatic rings. The lowest BCUT2D eigenvalue weighted by atomic mass is 9.92. The fourth-order valence-electron chi connectivity index (χ4n) is 1.86. The molecule has 0 heterocycles. The minimum absolute atomic E-state index is 0.272. The van der Waals surface area contributed by atoms with Crippen LogP contribution in [0.3, 0.4) is 0 Å². The predicted molar refractivity (Wildman–Crippen MR) is 77.3 cm³/mol. The average Bonchev–Trinajstić information content (AvgIpc) is 2.50. The molecule has 0 N–H and O–H groups in total. The molecule has 0 fully saturated rings. The first kappa shape index (κ1) is 14.3. The van der Waals surface area contributed by atoms with Gasteiger partial charge < -0.3 is 0 Å². The van der Waals surface area contributed by atoms with E-state index in [1.165, 1.54) is 24.3 Å². The van der Waals surface area contributed by atoms with Crippen molar-refractivity contribution in [1.82, 2.24) is 0 Å². The van der Waals surface area contributed by atoms with Gasteiger partial charge in [0.15, 0.2) is 5.78 Å². The van der Waals surface area contributed by atoms with Crippen LogP contribution in [0.25, 0.3) is 0 Å². The third-order valence-electron chi connectivity index (χ3n) is 2.97. The van der Waals surface area contributed by atoms with Crippen molar-refractivity contribution in [3.8, 4) is 6.07 Å². The van der Waals surface area contributed by atoms with Gasteiger partial charge in [-0.25, -0.2) is 4.39 Å². The maximum Gasteiger partial charge on any atom is 0.184 e. The zero-order chi connectivity index (χ0) is 14.5. The van der Waals surface area contributed by atoms with Gasteiger partial charge >= 0.3 is 0 Å². The molecule has 4 heteroatoms. The zero-order valence-electron chi connectivity index (χ0n) is 10.8. The number of nitrogens with zero attached hydrogens (tertiary/aromatic N) is 1. The van der Waals surface area contributed by atoms with Gasteiger partial charge in [0.2, 0.25) is 0 Å². The highest BCUT2D eigenvalue weighted by molar-refractivity contribution is 7.98. The molecule has 0 aliphatic heterocycles. The van der Waals surface area contributed by atoms with Crippen LogP contribution in [0.4, 0.5) is 4.39 Å². The molecule has 0 saturated carbocycles. The molecule has 2 rings (SSSR count). The van der Waals surface area contributed by atoms with E-state index in [-0.39, 0.29) is 11.6 Å². The largest absolute Gasteiger partial charge is 0.292 e. The van der Waals surface area contributed by atoms with Gasteiger partial charge in [0, 0.05) is 10.5 Å². The topological polar surface area (TPSA) is 40.9 Å². The quantitative estimate of drug-likeness (QED) is 0.629. The summed E-state index contributed by atoms with van der Waals surface area (Å²) < 4.78 is 12.9. The summed E-state index contributed by atoms with van der Waals surface area (Å²) in [5, 5.41) is 9.21. The number of rotatable bonds is 4. The molecule has 2 aromatic carbocycles. The molecule has 20 heavy (non-hydrogen) atoms. The van der Waals surface area contributed by atoms with E-state index in [0.29, 0.717) is 11.1 Å². The molecular weight excluding hydrogens is 273 g/mol. The summed E-state index contributed by atoms with van der Waals surface area (Å²) in [6, 6.07) is 14.5. The SMILES string of the molecule is CSc1ccc(C(=O)C(C#N)c2ccc(F)cc2)cc1. The highest BCUT2D eigenvalue weighted by atomic mass is 32.2. The predicted octanol–water partition coefficient (Wildman–Crippen LogP) is 4.04. The maximum absolute atomic E-state index is 12.9. The van der Waals surface area contributed by atoms with Gasteiger partial charge in [-0.3, -0.25) is 4.79 Å². The number of halogens is 1. The molecule has 2 nitrogen and oxygen atoms in total. The number of nitriles is 1. The van der Waals surface area contributed by atoms with Crippen molar-refractivity contribution in [2.45, 2.75) is 10.8 Å². The van der Waals surface area contributed by atoms with E-state index in [9.17, 15) is 14.4 Å². The van der Waals surface area contributed by atoms with Crippen LogP contribution in [-0.2, 0) is 0 Å². The standard InChI is InChI=1S/C16H12FNOS/c1-20-14-8-4-12(5-9-14)16(19)15(10-18)11-2-6-13(17)7-3-11/h2-9,15H,1H3. The van der Waals surface area contributed by atoms with Gasteiger partial charge in [0.25, 0.3) is 0 Å². The van der Waals surface area contributed by atoms with Gasteiger partial charge in [-0.15, -0.1) is 11.8 Å². The van der Waals surface area contributed by atoms with Crippen molar-refractivity contribution >= 4 is 17.5 Å². The van der Waals surface area contributed by atoms with Crippen molar-refractivity contribution < 1.29 is 9.18 Å². The maximum atomic E-state index is 12.9. The summed E-state index contributed by atoms with van der Waals surface area (Å²) in [4.78, 5) is 13.4. The molecule has 0 aromatic heterocycles. The second kappa shape index (κ2) is 6.36. The summed E-state index contributed by atoms with van der Waals surface area (Å²) >= 11 is 1.58. The highest BCUT2D eigenvalue weighted by Gasteiger charge is 2.21. The van der Waals surface area contributed by atoms with Crippen LogP contribution in [0.15, 0.2) is 53.4 Å². The Morgan fingerprint density at radius 2 is 1.75 bits per heavy atom. The monoisotopic (exact) mass is 285 g/mol. The van der Waals surface area contributed by atoms with Gasteiger partial charge in [0.1, 0.15) is 11.7 Å². The van der Waals surface area contributed by atoms with Crippen molar-refractivity contribution in [1.29, 1.82) is 5.26 Å².